The molecule has 2 aliphatic heterocycles. The van der Waals surface area contributed by atoms with Crippen molar-refractivity contribution in [3.63, 3.8) is 0 Å². The van der Waals surface area contributed by atoms with Gasteiger partial charge in [-0.2, -0.15) is 0 Å². The third kappa shape index (κ3) is 5.46. The van der Waals surface area contributed by atoms with Crippen LogP contribution in [0.2, 0.25) is 5.02 Å². The summed E-state index contributed by atoms with van der Waals surface area (Å²) in [4.78, 5) is 25.4. The first-order valence-electron chi connectivity index (χ1n) is 11.7. The number of pyridine rings is 1. The van der Waals surface area contributed by atoms with Crippen LogP contribution in [-0.2, 0) is 0 Å². The van der Waals surface area contributed by atoms with Crippen molar-refractivity contribution in [3.05, 3.63) is 33.3 Å². The summed E-state index contributed by atoms with van der Waals surface area (Å²) in [5.74, 6) is -0.950. The van der Waals surface area contributed by atoms with Crippen molar-refractivity contribution < 1.29 is 19.0 Å². The summed E-state index contributed by atoms with van der Waals surface area (Å²) < 4.78 is 21.3. The van der Waals surface area contributed by atoms with Crippen LogP contribution in [0.5, 0.6) is 5.75 Å². The van der Waals surface area contributed by atoms with Crippen LogP contribution >= 0.6 is 11.6 Å². The Balaban J connectivity index is 0.000000336. The maximum absolute atomic E-state index is 15.0. The van der Waals surface area contributed by atoms with Crippen LogP contribution in [0.15, 0.2) is 17.1 Å². The van der Waals surface area contributed by atoms with Crippen molar-refractivity contribution >= 4 is 34.3 Å². The summed E-state index contributed by atoms with van der Waals surface area (Å²) in [6, 6.07) is 2.08. The number of carboxylic acid groups (broad SMARTS) is 1. The van der Waals surface area contributed by atoms with Gasteiger partial charge in [0.05, 0.1) is 27.8 Å². The minimum absolute atomic E-state index is 0.0232. The molecule has 3 fully saturated rings. The van der Waals surface area contributed by atoms with Gasteiger partial charge in [-0.3, -0.25) is 4.79 Å². The first kappa shape index (κ1) is 24.7. The molecule has 9 nitrogen and oxygen atoms in total. The smallest absolute Gasteiger partial charge is 0.449 e. The minimum Gasteiger partial charge on any atom is -0.449 e. The molecule has 2 atom stereocenters. The fraction of sp³-hybridized carbons (Fsp3) is 0.565. The van der Waals surface area contributed by atoms with E-state index >= 15 is 0 Å². The molecule has 186 valence electrons. The summed E-state index contributed by atoms with van der Waals surface area (Å²) in [5.41, 5.74) is 0.00744. The molecule has 34 heavy (non-hydrogen) atoms. The minimum atomic E-state index is -1.59. The van der Waals surface area contributed by atoms with Crippen molar-refractivity contribution in [1.29, 1.82) is 0 Å². The number of nitrogens with one attached hydrogen (secondary N) is 3. The second-order valence-corrected chi connectivity index (χ2v) is 9.48. The number of piperazine rings is 2. The lowest BCUT2D eigenvalue weighted by molar-refractivity contribution is 0.143. The zero-order chi connectivity index (χ0) is 24.4. The van der Waals surface area contributed by atoms with Crippen LogP contribution in [0.25, 0.3) is 10.9 Å². The molecule has 1 aliphatic carbocycles. The molecule has 3 aliphatic rings. The summed E-state index contributed by atoms with van der Waals surface area (Å²) in [5, 5.41) is 19.0. The quantitative estimate of drug-likeness (QED) is 0.481. The SMILES string of the molecule is CC1CN(c2c(F)cc3c(=O)c(OC(=O)O)cn(C4CC4)c3c2Cl)CCN1.CC1CNCCN1. The van der Waals surface area contributed by atoms with E-state index in [1.807, 2.05) is 11.8 Å². The molecule has 5 rings (SSSR count). The lowest BCUT2D eigenvalue weighted by Gasteiger charge is -2.34. The van der Waals surface area contributed by atoms with Crippen LogP contribution < -0.4 is 31.0 Å². The van der Waals surface area contributed by atoms with Crippen molar-refractivity contribution in [2.24, 2.45) is 0 Å². The van der Waals surface area contributed by atoms with Gasteiger partial charge in [0, 0.05) is 57.4 Å². The molecule has 2 saturated heterocycles. The van der Waals surface area contributed by atoms with E-state index in [9.17, 15) is 14.0 Å². The van der Waals surface area contributed by atoms with Gasteiger partial charge in [0.2, 0.25) is 5.43 Å². The molecule has 11 heteroatoms. The van der Waals surface area contributed by atoms with E-state index in [0.717, 1.165) is 38.5 Å². The van der Waals surface area contributed by atoms with Crippen LogP contribution in [0.3, 0.4) is 0 Å². The van der Waals surface area contributed by atoms with Gasteiger partial charge in [0.15, 0.2) is 5.75 Å². The van der Waals surface area contributed by atoms with Crippen molar-refractivity contribution in [1.82, 2.24) is 20.5 Å². The predicted octanol–water partition coefficient (Wildman–Crippen LogP) is 2.55. The molecule has 2 aromatic rings. The number of carbonyl (C=O) groups is 1. The van der Waals surface area contributed by atoms with Crippen molar-refractivity contribution in [2.75, 3.05) is 44.2 Å². The van der Waals surface area contributed by atoms with Gasteiger partial charge in [0.25, 0.3) is 0 Å². The lowest BCUT2D eigenvalue weighted by atomic mass is 10.1. The number of benzene rings is 1. The van der Waals surface area contributed by atoms with Gasteiger partial charge in [-0.15, -0.1) is 0 Å². The summed E-state index contributed by atoms with van der Waals surface area (Å²) in [7, 11) is 0. The average Bonchev–Trinajstić information content (AvgIpc) is 3.62. The van der Waals surface area contributed by atoms with E-state index in [-0.39, 0.29) is 33.9 Å². The van der Waals surface area contributed by atoms with Crippen LogP contribution in [-0.4, -0.2) is 67.2 Å². The number of aromatic nitrogens is 1. The normalized spacial score (nSPS) is 22.8. The topological polar surface area (TPSA) is 108 Å². The molecule has 3 heterocycles. The Morgan fingerprint density at radius 1 is 1.21 bits per heavy atom. The molecule has 1 aromatic carbocycles. The standard InChI is InChI=1S/C18H19ClFN3O4.C5H12N2/c1-9-7-22(5-4-21-9)16-12(20)6-11-15(14(16)19)23(10-2-3-10)8-13(17(11)24)27-18(25)26;1-5-4-6-2-3-7-5/h6,8-10,21H,2-5,7H2,1H3,(H,25,26);5-7H,2-4H2,1H3. The molecule has 0 amide bonds. The van der Waals surface area contributed by atoms with E-state index in [0.29, 0.717) is 31.2 Å². The molecule has 0 bridgehead atoms. The van der Waals surface area contributed by atoms with Crippen molar-refractivity contribution in [2.45, 2.75) is 44.8 Å². The molecule has 2 unspecified atom stereocenters. The summed E-state index contributed by atoms with van der Waals surface area (Å²) in [6.45, 7) is 9.47. The Morgan fingerprint density at radius 3 is 2.50 bits per heavy atom. The number of hydrogen-bond donors (Lipinski definition) is 4. The highest BCUT2D eigenvalue weighted by Crippen LogP contribution is 2.42. The zero-order valence-corrected chi connectivity index (χ0v) is 20.1. The second kappa shape index (κ2) is 10.5. The van der Waals surface area contributed by atoms with Gasteiger partial charge in [-0.05, 0) is 32.8 Å². The highest BCUT2D eigenvalue weighted by Gasteiger charge is 2.30. The molecular weight excluding hydrogens is 465 g/mol. The van der Waals surface area contributed by atoms with Gasteiger partial charge in [-0.1, -0.05) is 11.6 Å². The van der Waals surface area contributed by atoms with Gasteiger partial charge in [0.1, 0.15) is 5.82 Å². The van der Waals surface area contributed by atoms with Gasteiger partial charge >= 0.3 is 6.16 Å². The van der Waals surface area contributed by atoms with E-state index in [1.165, 1.54) is 6.20 Å². The second-order valence-electron chi connectivity index (χ2n) is 9.11. The Labute approximate surface area is 202 Å². The van der Waals surface area contributed by atoms with Gasteiger partial charge in [-0.25, -0.2) is 9.18 Å². The lowest BCUT2D eigenvalue weighted by Crippen LogP contribution is -2.49. The third-order valence-electron chi connectivity index (χ3n) is 6.22. The van der Waals surface area contributed by atoms with E-state index in [2.05, 4.69) is 27.6 Å². The van der Waals surface area contributed by atoms with E-state index in [4.69, 9.17) is 16.7 Å². The maximum atomic E-state index is 15.0. The first-order chi connectivity index (χ1) is 16.3. The number of anilines is 1. The molecule has 1 saturated carbocycles. The number of ether oxygens (including phenoxy) is 1. The third-order valence-corrected chi connectivity index (χ3v) is 6.58. The maximum Gasteiger partial charge on any atom is 0.511 e. The number of rotatable bonds is 3. The highest BCUT2D eigenvalue weighted by atomic mass is 35.5. The van der Waals surface area contributed by atoms with Crippen LogP contribution in [0, 0.1) is 5.82 Å². The Kier molecular flexibility index (Phi) is 7.61. The van der Waals surface area contributed by atoms with Crippen LogP contribution in [0.1, 0.15) is 32.7 Å². The first-order valence-corrected chi connectivity index (χ1v) is 12.0. The largest absolute Gasteiger partial charge is 0.511 e. The molecule has 1 aromatic heterocycles. The Morgan fingerprint density at radius 2 is 1.94 bits per heavy atom. The van der Waals surface area contributed by atoms with Crippen LogP contribution in [0.4, 0.5) is 14.9 Å². The summed E-state index contributed by atoms with van der Waals surface area (Å²) in [6.07, 6.45) is 1.52. The fourth-order valence-electron chi connectivity index (χ4n) is 4.44. The number of fused-ring (bicyclic) bond motifs is 1. The van der Waals surface area contributed by atoms with E-state index < -0.39 is 17.4 Å². The summed E-state index contributed by atoms with van der Waals surface area (Å²) >= 11 is 6.62. The molecule has 0 radical (unpaired) electrons. The molecule has 0 spiro atoms. The highest BCUT2D eigenvalue weighted by molar-refractivity contribution is 6.38. The predicted molar refractivity (Wildman–Crippen MR) is 130 cm³/mol. The number of nitrogens with zero attached hydrogens (tertiary/aromatic N) is 2. The Hall–Kier alpha value is -2.40. The molecular formula is C23H31ClFN5O4. The zero-order valence-electron chi connectivity index (χ0n) is 19.4. The number of halogens is 2. The van der Waals surface area contributed by atoms with E-state index in [1.54, 1.807) is 4.57 Å². The fourth-order valence-corrected chi connectivity index (χ4v) is 4.85. The average molecular weight is 496 g/mol. The Bertz CT molecular complexity index is 1120. The van der Waals surface area contributed by atoms with Crippen molar-refractivity contribution in [3.8, 4) is 5.75 Å². The number of hydrogen-bond acceptors (Lipinski definition) is 7. The molecule has 4 N–H and O–H groups in total. The van der Waals surface area contributed by atoms with Gasteiger partial charge < -0.3 is 35.3 Å². The monoisotopic (exact) mass is 495 g/mol.